The van der Waals surface area contributed by atoms with Crippen molar-refractivity contribution >= 4 is 19.8 Å². The zero-order chi connectivity index (χ0) is 15.3. The molecule has 0 aliphatic heterocycles. The fraction of sp³-hybridized carbons (Fsp3) is 0.438. The number of rotatable bonds is 7. The van der Waals surface area contributed by atoms with Crippen LogP contribution in [0.5, 0.6) is 0 Å². The first-order valence-electron chi connectivity index (χ1n) is 7.31. The lowest BCUT2D eigenvalue weighted by atomic mass is 10.4. The lowest BCUT2D eigenvalue weighted by Crippen LogP contribution is -2.29. The van der Waals surface area contributed by atoms with Crippen molar-refractivity contribution < 1.29 is 9.30 Å². The van der Waals surface area contributed by atoms with Crippen LogP contribution in [-0.4, -0.2) is 19.2 Å². The highest BCUT2D eigenvalue weighted by Gasteiger charge is 2.17. The Morgan fingerprint density at radius 2 is 1.90 bits per heavy atom. The largest absolute Gasteiger partial charge is 0.342 e. The minimum Gasteiger partial charge on any atom is -0.342 e. The van der Waals surface area contributed by atoms with Crippen LogP contribution in [0.2, 0.25) is 25.7 Å². The van der Waals surface area contributed by atoms with Crippen LogP contribution < -0.4 is 4.57 Å². The number of imidazole rings is 1. The summed E-state index contributed by atoms with van der Waals surface area (Å²) >= 11 is 1.77. The van der Waals surface area contributed by atoms with Crippen LogP contribution >= 0.6 is 11.8 Å². The summed E-state index contributed by atoms with van der Waals surface area (Å²) in [6.45, 7) is 8.61. The van der Waals surface area contributed by atoms with E-state index in [0.717, 1.165) is 6.61 Å². The highest BCUT2D eigenvalue weighted by molar-refractivity contribution is 7.99. The van der Waals surface area contributed by atoms with Gasteiger partial charge in [0.05, 0.1) is 7.05 Å². The molecule has 1 heterocycles. The summed E-state index contributed by atoms with van der Waals surface area (Å²) in [6.07, 6.45) is 4.16. The molecule has 0 atom stereocenters. The number of hydrogen-bond donors (Lipinski definition) is 0. The van der Waals surface area contributed by atoms with Crippen LogP contribution in [0, 0.1) is 0 Å². The molecule has 1 aromatic heterocycles. The SMILES string of the molecule is C[n+]1ccn(COCC[Si](C)(C)C)c1Sc1ccccc1. The number of benzene rings is 1. The van der Waals surface area contributed by atoms with E-state index < -0.39 is 8.07 Å². The molecule has 0 amide bonds. The molecule has 5 heteroatoms. The maximum Gasteiger partial charge on any atom is 0.324 e. The first kappa shape index (κ1) is 16.3. The summed E-state index contributed by atoms with van der Waals surface area (Å²) in [5, 5.41) is 1.19. The molecule has 0 N–H and O–H groups in total. The van der Waals surface area contributed by atoms with Gasteiger partial charge in [0, 0.05) is 19.6 Å². The first-order chi connectivity index (χ1) is 9.96. The van der Waals surface area contributed by atoms with E-state index in [1.807, 2.05) is 6.07 Å². The maximum absolute atomic E-state index is 5.86. The normalized spacial score (nSPS) is 11.8. The second-order valence-corrected chi connectivity index (χ2v) is 13.1. The van der Waals surface area contributed by atoms with E-state index in [2.05, 4.69) is 72.5 Å². The van der Waals surface area contributed by atoms with Crippen LogP contribution in [0.3, 0.4) is 0 Å². The second-order valence-electron chi connectivity index (χ2n) is 6.42. The minimum atomic E-state index is -1.01. The van der Waals surface area contributed by atoms with Crippen molar-refractivity contribution in [3.05, 3.63) is 42.7 Å². The molecule has 0 fully saturated rings. The third-order valence-corrected chi connectivity index (χ3v) is 6.11. The molecular formula is C16H25N2OSSi+. The van der Waals surface area contributed by atoms with Crippen LogP contribution in [0.25, 0.3) is 0 Å². The van der Waals surface area contributed by atoms with Crippen LogP contribution in [0.4, 0.5) is 0 Å². The lowest BCUT2D eigenvalue weighted by Gasteiger charge is -2.14. The lowest BCUT2D eigenvalue weighted by molar-refractivity contribution is -0.709. The zero-order valence-corrected chi connectivity index (χ0v) is 15.2. The molecule has 0 radical (unpaired) electrons. The molecule has 0 bridgehead atoms. The van der Waals surface area contributed by atoms with E-state index in [4.69, 9.17) is 4.74 Å². The average Bonchev–Trinajstić information content (AvgIpc) is 2.76. The van der Waals surface area contributed by atoms with E-state index in [1.54, 1.807) is 11.8 Å². The third kappa shape index (κ3) is 5.34. The topological polar surface area (TPSA) is 18.0 Å². The van der Waals surface area contributed by atoms with E-state index in [0.29, 0.717) is 6.73 Å². The number of nitrogens with zero attached hydrogens (tertiary/aromatic N) is 2. The first-order valence-corrected chi connectivity index (χ1v) is 11.8. The summed E-state index contributed by atoms with van der Waals surface area (Å²) in [6, 6.07) is 11.7. The van der Waals surface area contributed by atoms with Gasteiger partial charge in [0.2, 0.25) is 0 Å². The Labute approximate surface area is 133 Å². The van der Waals surface area contributed by atoms with Crippen molar-refractivity contribution in [1.29, 1.82) is 0 Å². The molecule has 0 saturated heterocycles. The average molecular weight is 322 g/mol. The molecule has 1 aromatic carbocycles. The smallest absolute Gasteiger partial charge is 0.324 e. The van der Waals surface area contributed by atoms with Crippen molar-refractivity contribution in [3.8, 4) is 0 Å². The molecular weight excluding hydrogens is 296 g/mol. The van der Waals surface area contributed by atoms with Gasteiger partial charge in [0.25, 0.3) is 0 Å². The number of aryl methyl sites for hydroxylation is 1. The zero-order valence-electron chi connectivity index (χ0n) is 13.4. The molecule has 0 aliphatic rings. The van der Waals surface area contributed by atoms with Crippen molar-refractivity contribution in [2.24, 2.45) is 7.05 Å². The molecule has 0 unspecified atom stereocenters. The highest BCUT2D eigenvalue weighted by Crippen LogP contribution is 2.24. The van der Waals surface area contributed by atoms with Gasteiger partial charge < -0.3 is 4.74 Å². The molecule has 0 spiro atoms. The van der Waals surface area contributed by atoms with Crippen LogP contribution in [0.15, 0.2) is 52.8 Å². The van der Waals surface area contributed by atoms with Gasteiger partial charge in [-0.2, -0.15) is 0 Å². The van der Waals surface area contributed by atoms with Crippen molar-refractivity contribution in [1.82, 2.24) is 4.57 Å². The molecule has 0 aliphatic carbocycles. The number of hydrogen-bond acceptors (Lipinski definition) is 2. The van der Waals surface area contributed by atoms with Gasteiger partial charge in [0.15, 0.2) is 6.73 Å². The van der Waals surface area contributed by atoms with Crippen LogP contribution in [-0.2, 0) is 18.5 Å². The monoisotopic (exact) mass is 321 g/mol. The fourth-order valence-electron chi connectivity index (χ4n) is 1.87. The summed E-state index contributed by atoms with van der Waals surface area (Å²) in [5.74, 6) is 0. The number of ether oxygens (including phenoxy) is 1. The van der Waals surface area contributed by atoms with E-state index in [1.165, 1.54) is 16.1 Å². The quantitative estimate of drug-likeness (QED) is 0.439. The Bertz CT molecular complexity index is 563. The summed E-state index contributed by atoms with van der Waals surface area (Å²) in [7, 11) is 1.06. The maximum atomic E-state index is 5.86. The van der Waals surface area contributed by atoms with Gasteiger partial charge in [-0.3, -0.25) is 0 Å². The predicted molar refractivity (Wildman–Crippen MR) is 90.3 cm³/mol. The standard InChI is InChI=1S/C16H25N2OSSi/c1-17-10-11-18(14-19-12-13-21(2,3)4)16(17)20-15-8-6-5-7-9-15/h5-11H,12-14H2,1-4H3/q+1. The Hall–Kier alpha value is -1.04. The van der Waals surface area contributed by atoms with E-state index >= 15 is 0 Å². The van der Waals surface area contributed by atoms with Crippen molar-refractivity contribution in [2.75, 3.05) is 6.61 Å². The molecule has 0 saturated carbocycles. The summed E-state index contributed by atoms with van der Waals surface area (Å²) < 4.78 is 10.2. The van der Waals surface area contributed by atoms with Crippen molar-refractivity contribution in [2.45, 2.75) is 42.5 Å². The highest BCUT2D eigenvalue weighted by atomic mass is 32.2. The predicted octanol–water partition coefficient (Wildman–Crippen LogP) is 3.78. The summed E-state index contributed by atoms with van der Waals surface area (Å²) in [4.78, 5) is 1.25. The van der Waals surface area contributed by atoms with Crippen LogP contribution in [0.1, 0.15) is 0 Å². The number of aromatic nitrogens is 2. The Balaban J connectivity index is 1.95. The Morgan fingerprint density at radius 3 is 2.57 bits per heavy atom. The summed E-state index contributed by atoms with van der Waals surface area (Å²) in [5.41, 5.74) is 0. The minimum absolute atomic E-state index is 0.625. The molecule has 3 nitrogen and oxygen atoms in total. The molecule has 2 aromatic rings. The third-order valence-electron chi connectivity index (χ3n) is 3.20. The molecule has 2 rings (SSSR count). The molecule has 114 valence electrons. The van der Waals surface area contributed by atoms with Gasteiger partial charge >= 0.3 is 5.16 Å². The molecule has 21 heavy (non-hydrogen) atoms. The van der Waals surface area contributed by atoms with Gasteiger partial charge in [-0.25, -0.2) is 9.13 Å². The van der Waals surface area contributed by atoms with E-state index in [-0.39, 0.29) is 0 Å². The van der Waals surface area contributed by atoms with Gasteiger partial charge in [-0.15, -0.1) is 0 Å². The Morgan fingerprint density at radius 1 is 1.19 bits per heavy atom. The Kier molecular flexibility index (Phi) is 5.67. The van der Waals surface area contributed by atoms with E-state index in [9.17, 15) is 0 Å². The van der Waals surface area contributed by atoms with Gasteiger partial charge in [-0.05, 0) is 29.9 Å². The van der Waals surface area contributed by atoms with Gasteiger partial charge in [-0.1, -0.05) is 37.8 Å². The van der Waals surface area contributed by atoms with Gasteiger partial charge in [0.1, 0.15) is 12.4 Å². The fourth-order valence-corrected chi connectivity index (χ4v) is 3.57. The van der Waals surface area contributed by atoms with Crippen molar-refractivity contribution in [3.63, 3.8) is 0 Å². The second kappa shape index (κ2) is 7.29.